The number of aromatic nitrogens is 6. The highest BCUT2D eigenvalue weighted by Crippen LogP contribution is 2.33. The summed E-state index contributed by atoms with van der Waals surface area (Å²) in [6.45, 7) is 16.9. The Balaban J connectivity index is 0.768. The summed E-state index contributed by atoms with van der Waals surface area (Å²) in [5, 5.41) is 10.3. The van der Waals surface area contributed by atoms with E-state index < -0.39 is 0 Å². The van der Waals surface area contributed by atoms with Crippen LogP contribution in [-0.2, 0) is 15.0 Å². The fraction of sp³-hybridized carbons (Fsp3) is 0.417. The molecule has 15 nitrogen and oxygen atoms in total. The van der Waals surface area contributed by atoms with Gasteiger partial charge in [-0.05, 0) is 92.1 Å². The number of H-pyrrole nitrogens is 1. The predicted molar refractivity (Wildman–Crippen MR) is 241 cm³/mol. The minimum absolute atomic E-state index is 0.0203. The van der Waals surface area contributed by atoms with Gasteiger partial charge < -0.3 is 24.6 Å². The molecule has 3 aliphatic heterocycles. The maximum Gasteiger partial charge on any atom is 0.293 e. The molecule has 3 saturated heterocycles. The largest absolute Gasteiger partial charge is 0.372 e. The topological polar surface area (TPSA) is 178 Å². The number of carbonyl (C=O) groups excluding carboxylic acids is 3. The first-order valence-corrected chi connectivity index (χ1v) is 22.1. The lowest BCUT2D eigenvalue weighted by Gasteiger charge is -2.39. The molecule has 63 heavy (non-hydrogen) atoms. The van der Waals surface area contributed by atoms with Crippen molar-refractivity contribution in [1.82, 2.24) is 45.6 Å². The van der Waals surface area contributed by atoms with E-state index in [9.17, 15) is 14.4 Å². The Labute approximate surface area is 367 Å². The Morgan fingerprint density at radius 1 is 0.889 bits per heavy atom. The van der Waals surface area contributed by atoms with Crippen molar-refractivity contribution in [1.29, 1.82) is 0 Å². The molecule has 6 aromatic rings. The van der Waals surface area contributed by atoms with Gasteiger partial charge in [0.25, 0.3) is 11.7 Å². The van der Waals surface area contributed by atoms with Gasteiger partial charge in [-0.1, -0.05) is 50.2 Å². The quantitative estimate of drug-likeness (QED) is 0.124. The molecule has 326 valence electrons. The zero-order valence-electron chi connectivity index (χ0n) is 36.6. The molecular weight excluding hydrogens is 795 g/mol. The summed E-state index contributed by atoms with van der Waals surface area (Å²) in [6, 6.07) is 20.5. The second kappa shape index (κ2) is 17.4. The monoisotopic (exact) mass is 849 g/mol. The molecule has 1 unspecified atom stereocenters. The van der Waals surface area contributed by atoms with Crippen molar-refractivity contribution in [3.05, 3.63) is 102 Å². The van der Waals surface area contributed by atoms with E-state index in [-0.39, 0.29) is 40.9 Å². The molecule has 0 radical (unpaired) electrons. The molecule has 3 amide bonds. The molecule has 2 atom stereocenters. The Morgan fingerprint density at radius 3 is 2.33 bits per heavy atom. The second-order valence-electron chi connectivity index (χ2n) is 18.3. The minimum Gasteiger partial charge on any atom is -0.372 e. The van der Waals surface area contributed by atoms with Gasteiger partial charge in [-0.3, -0.25) is 24.6 Å². The number of hydrogen-bond acceptors (Lipinski definition) is 12. The van der Waals surface area contributed by atoms with Gasteiger partial charge in [0.2, 0.25) is 17.7 Å². The maximum atomic E-state index is 13.0. The Kier molecular flexibility index (Phi) is 11.5. The van der Waals surface area contributed by atoms with Crippen LogP contribution in [0, 0.1) is 12.8 Å². The number of piperidine rings is 2. The average molecular weight is 850 g/mol. The van der Waals surface area contributed by atoms with Crippen LogP contribution >= 0.6 is 0 Å². The molecule has 3 fully saturated rings. The lowest BCUT2D eigenvalue weighted by Crippen LogP contribution is -2.49. The third-order valence-corrected chi connectivity index (χ3v) is 12.8. The van der Waals surface area contributed by atoms with Crippen LogP contribution in [0.4, 0.5) is 11.5 Å². The molecule has 0 bridgehead atoms. The molecule has 2 aromatic carbocycles. The third-order valence-electron chi connectivity index (χ3n) is 12.8. The number of nitrogens with zero attached hydrogens (tertiary/aromatic N) is 8. The molecule has 0 spiro atoms. The van der Waals surface area contributed by atoms with Crippen LogP contribution in [0.3, 0.4) is 0 Å². The number of aromatic amines is 1. The SMILES string of the molecule is Cc1cc(-c2ncnc3[nH]c(-c4ccc(N5CCN(CC6CCN(c7ccc(C8CCC(=O)NC8=O)cc7)CC6)CC5)nc4)cc23)ccc1[C@@H](C)NC(=O)c1noc(C(C)(C)C)n1. The van der Waals surface area contributed by atoms with E-state index in [4.69, 9.17) is 9.51 Å². The van der Waals surface area contributed by atoms with Crippen molar-refractivity contribution >= 4 is 40.3 Å². The molecule has 3 aliphatic rings. The maximum absolute atomic E-state index is 13.0. The lowest BCUT2D eigenvalue weighted by atomic mass is 9.90. The average Bonchev–Trinajstić information content (AvgIpc) is 3.97. The standard InChI is InChI=1S/C48H55N11O4/c1-29-24-33(8-12-36(29)30(2)52-46(62)44-55-47(63-56-44)48(3,4)5)42-38-25-39(53-43(38)51-28-50-42)34-9-14-40(49-26-34)59-22-20-57(21-23-59)27-31-16-18-58(19-17-31)35-10-6-32(7-11-35)37-13-15-41(60)54-45(37)61/h6-12,14,24-26,28,30-31,37H,13,15-23,27H2,1-5H3,(H,52,62)(H,50,51,53)(H,54,60,61)/t30-,37?/m1/s1. The summed E-state index contributed by atoms with van der Waals surface area (Å²) < 4.78 is 5.32. The summed E-state index contributed by atoms with van der Waals surface area (Å²) in [4.78, 5) is 66.2. The Bertz CT molecular complexity index is 2620. The fourth-order valence-electron chi connectivity index (χ4n) is 9.15. The van der Waals surface area contributed by atoms with Crippen LogP contribution in [-0.4, -0.2) is 98.5 Å². The molecule has 3 N–H and O–H groups in total. The van der Waals surface area contributed by atoms with Gasteiger partial charge in [0.15, 0.2) is 0 Å². The highest BCUT2D eigenvalue weighted by atomic mass is 16.5. The van der Waals surface area contributed by atoms with Gasteiger partial charge in [-0.2, -0.15) is 4.98 Å². The van der Waals surface area contributed by atoms with Crippen LogP contribution in [0.25, 0.3) is 33.5 Å². The number of amides is 3. The summed E-state index contributed by atoms with van der Waals surface area (Å²) in [7, 11) is 0. The number of pyridine rings is 1. The summed E-state index contributed by atoms with van der Waals surface area (Å²) >= 11 is 0. The van der Waals surface area contributed by atoms with E-state index in [1.807, 2.05) is 52.9 Å². The van der Waals surface area contributed by atoms with E-state index in [1.165, 1.54) is 5.69 Å². The predicted octanol–water partition coefficient (Wildman–Crippen LogP) is 6.73. The minimum atomic E-state index is -0.386. The van der Waals surface area contributed by atoms with Crippen molar-refractivity contribution in [3.8, 4) is 22.5 Å². The first-order chi connectivity index (χ1) is 30.4. The second-order valence-corrected chi connectivity index (χ2v) is 18.3. The summed E-state index contributed by atoms with van der Waals surface area (Å²) in [5.41, 5.74) is 8.25. The highest BCUT2D eigenvalue weighted by molar-refractivity contribution is 6.01. The van der Waals surface area contributed by atoms with E-state index in [0.29, 0.717) is 24.7 Å². The van der Waals surface area contributed by atoms with Gasteiger partial charge in [0, 0.05) is 91.7 Å². The van der Waals surface area contributed by atoms with Gasteiger partial charge >= 0.3 is 0 Å². The summed E-state index contributed by atoms with van der Waals surface area (Å²) in [6.07, 6.45) is 6.81. The van der Waals surface area contributed by atoms with Gasteiger partial charge in [-0.15, -0.1) is 0 Å². The first kappa shape index (κ1) is 41.9. The Morgan fingerprint density at radius 2 is 1.65 bits per heavy atom. The number of anilines is 2. The number of piperazine rings is 1. The van der Waals surface area contributed by atoms with Crippen molar-refractivity contribution in [2.24, 2.45) is 5.92 Å². The summed E-state index contributed by atoms with van der Waals surface area (Å²) in [5.74, 6) is 1.10. The fourth-order valence-corrected chi connectivity index (χ4v) is 9.15. The third kappa shape index (κ3) is 9.06. The van der Waals surface area contributed by atoms with Crippen molar-refractivity contribution in [2.45, 2.75) is 77.7 Å². The first-order valence-electron chi connectivity index (χ1n) is 22.1. The van der Waals surface area contributed by atoms with Crippen LogP contribution < -0.4 is 20.4 Å². The number of carbonyl (C=O) groups is 3. The molecule has 4 aromatic heterocycles. The number of aryl methyl sites for hydroxylation is 1. The number of fused-ring (bicyclic) bond motifs is 1. The smallest absolute Gasteiger partial charge is 0.293 e. The zero-order chi connectivity index (χ0) is 43.8. The van der Waals surface area contributed by atoms with Crippen molar-refractivity contribution < 1.29 is 18.9 Å². The van der Waals surface area contributed by atoms with Gasteiger partial charge in [-0.25, -0.2) is 15.0 Å². The molecule has 0 saturated carbocycles. The van der Waals surface area contributed by atoms with Crippen LogP contribution in [0.1, 0.15) is 98.5 Å². The van der Waals surface area contributed by atoms with E-state index in [1.54, 1.807) is 6.33 Å². The Hall–Kier alpha value is -6.48. The molecular formula is C48H55N11O4. The molecule has 9 rings (SSSR count). The lowest BCUT2D eigenvalue weighted by molar-refractivity contribution is -0.134. The van der Waals surface area contributed by atoms with Gasteiger partial charge in [0.1, 0.15) is 17.8 Å². The number of nitrogens with one attached hydrogen (secondary N) is 3. The number of rotatable bonds is 10. The molecule has 7 heterocycles. The van der Waals surface area contributed by atoms with Crippen molar-refractivity contribution in [3.63, 3.8) is 0 Å². The number of hydrogen-bond donors (Lipinski definition) is 3. The van der Waals surface area contributed by atoms with Gasteiger partial charge in [0.05, 0.1) is 17.7 Å². The molecule has 15 heteroatoms. The normalized spacial score (nSPS) is 18.5. The van der Waals surface area contributed by atoms with Crippen LogP contribution in [0.15, 0.2) is 77.7 Å². The highest BCUT2D eigenvalue weighted by Gasteiger charge is 2.29. The number of benzene rings is 2. The van der Waals surface area contributed by atoms with E-state index >= 15 is 0 Å². The van der Waals surface area contributed by atoms with E-state index in [2.05, 4.69) is 99.0 Å². The zero-order valence-corrected chi connectivity index (χ0v) is 36.6. The van der Waals surface area contributed by atoms with Crippen LogP contribution in [0.5, 0.6) is 0 Å². The number of imide groups is 1. The van der Waals surface area contributed by atoms with Crippen molar-refractivity contribution in [2.75, 3.05) is 55.6 Å². The van der Waals surface area contributed by atoms with Crippen LogP contribution in [0.2, 0.25) is 0 Å². The van der Waals surface area contributed by atoms with E-state index in [0.717, 1.165) is 115 Å². The molecule has 0 aliphatic carbocycles.